The predicted molar refractivity (Wildman–Crippen MR) is 148 cm³/mol. The first-order chi connectivity index (χ1) is 19.0. The summed E-state index contributed by atoms with van der Waals surface area (Å²) < 4.78 is 17.1. The summed E-state index contributed by atoms with van der Waals surface area (Å²) in [5.41, 5.74) is 3.48. The van der Waals surface area contributed by atoms with Crippen molar-refractivity contribution in [3.05, 3.63) is 118 Å². The second-order valence-corrected chi connectivity index (χ2v) is 8.48. The van der Waals surface area contributed by atoms with E-state index in [-0.39, 0.29) is 23.1 Å². The van der Waals surface area contributed by atoms with Gasteiger partial charge in [-0.25, -0.2) is 4.98 Å². The lowest BCUT2D eigenvalue weighted by Gasteiger charge is -2.11. The molecule has 0 spiro atoms. The number of nitrogens with one attached hydrogen (secondary N) is 1. The SMILES string of the molecule is COc1cc(C=CC(=O)Nc2ccccc2-c2nc3ccc([N+](=O)[O-])cc3o2)ccc1OCc1ccccc1. The highest BCUT2D eigenvalue weighted by atomic mass is 16.6. The highest BCUT2D eigenvalue weighted by Crippen LogP contribution is 2.32. The fourth-order valence-electron chi connectivity index (χ4n) is 3.91. The maximum Gasteiger partial charge on any atom is 0.273 e. The van der Waals surface area contributed by atoms with Crippen LogP contribution in [0.15, 0.2) is 101 Å². The molecule has 0 bridgehead atoms. The molecule has 0 saturated carbocycles. The third-order valence-corrected chi connectivity index (χ3v) is 5.85. The average molecular weight is 522 g/mol. The molecule has 0 unspecified atom stereocenters. The molecule has 0 aliphatic heterocycles. The molecular weight excluding hydrogens is 498 g/mol. The second-order valence-electron chi connectivity index (χ2n) is 8.48. The molecule has 1 heterocycles. The normalized spacial score (nSPS) is 11.0. The Labute approximate surface area is 223 Å². The quantitative estimate of drug-likeness (QED) is 0.131. The van der Waals surface area contributed by atoms with Crippen LogP contribution in [-0.4, -0.2) is 22.9 Å². The van der Waals surface area contributed by atoms with E-state index in [1.165, 1.54) is 24.3 Å². The predicted octanol–water partition coefficient (Wildman–Crippen LogP) is 6.64. The van der Waals surface area contributed by atoms with Crippen LogP contribution in [0.25, 0.3) is 28.6 Å². The number of methoxy groups -OCH3 is 1. The first-order valence-corrected chi connectivity index (χ1v) is 12.0. The Morgan fingerprint density at radius 2 is 1.79 bits per heavy atom. The Morgan fingerprint density at radius 3 is 2.59 bits per heavy atom. The number of carbonyl (C=O) groups excluding carboxylic acids is 1. The molecule has 39 heavy (non-hydrogen) atoms. The van der Waals surface area contributed by atoms with E-state index in [9.17, 15) is 14.9 Å². The van der Waals surface area contributed by atoms with Gasteiger partial charge in [0.05, 0.1) is 29.4 Å². The zero-order chi connectivity index (χ0) is 27.2. The van der Waals surface area contributed by atoms with Crippen molar-refractivity contribution < 1.29 is 23.6 Å². The summed E-state index contributed by atoms with van der Waals surface area (Å²) >= 11 is 0. The van der Waals surface area contributed by atoms with Gasteiger partial charge in [-0.15, -0.1) is 0 Å². The van der Waals surface area contributed by atoms with Crippen molar-refractivity contribution in [2.75, 3.05) is 12.4 Å². The monoisotopic (exact) mass is 521 g/mol. The Kier molecular flexibility index (Phi) is 7.31. The third-order valence-electron chi connectivity index (χ3n) is 5.85. The molecule has 1 aromatic heterocycles. The number of rotatable bonds is 9. The number of fused-ring (bicyclic) bond motifs is 1. The van der Waals surface area contributed by atoms with Crippen molar-refractivity contribution in [2.24, 2.45) is 0 Å². The highest BCUT2D eigenvalue weighted by molar-refractivity contribution is 6.04. The van der Waals surface area contributed by atoms with E-state index in [1.807, 2.05) is 36.4 Å². The standard InChI is InChI=1S/C30H23N3O6/c1-37-28-17-20(11-15-26(28)38-19-21-7-3-2-4-8-21)12-16-29(34)31-24-10-6-5-9-23(24)30-32-25-14-13-22(33(35)36)18-27(25)39-30/h2-18H,19H2,1H3,(H,31,34). The Bertz CT molecular complexity index is 1680. The van der Waals surface area contributed by atoms with E-state index in [2.05, 4.69) is 10.3 Å². The van der Waals surface area contributed by atoms with Crippen LogP contribution >= 0.6 is 0 Å². The van der Waals surface area contributed by atoms with Crippen LogP contribution in [0.4, 0.5) is 11.4 Å². The number of nitro benzene ring substituents is 1. The van der Waals surface area contributed by atoms with Crippen molar-refractivity contribution in [2.45, 2.75) is 6.61 Å². The van der Waals surface area contributed by atoms with Crippen molar-refractivity contribution in [3.63, 3.8) is 0 Å². The number of nitrogens with zero attached hydrogens (tertiary/aromatic N) is 2. The highest BCUT2D eigenvalue weighted by Gasteiger charge is 2.16. The lowest BCUT2D eigenvalue weighted by atomic mass is 10.1. The van der Waals surface area contributed by atoms with Crippen LogP contribution < -0.4 is 14.8 Å². The number of oxazole rings is 1. The molecule has 5 aromatic rings. The number of hydrogen-bond donors (Lipinski definition) is 1. The first kappa shape index (κ1) is 25.2. The molecule has 194 valence electrons. The largest absolute Gasteiger partial charge is 0.493 e. The van der Waals surface area contributed by atoms with Crippen molar-refractivity contribution >= 4 is 34.5 Å². The van der Waals surface area contributed by atoms with Crippen molar-refractivity contribution in [1.82, 2.24) is 4.98 Å². The zero-order valence-electron chi connectivity index (χ0n) is 20.9. The molecule has 0 fully saturated rings. The van der Waals surface area contributed by atoms with Gasteiger partial charge in [0.2, 0.25) is 11.8 Å². The molecule has 0 aliphatic carbocycles. The smallest absolute Gasteiger partial charge is 0.273 e. The molecule has 9 heteroatoms. The number of aromatic nitrogens is 1. The summed E-state index contributed by atoms with van der Waals surface area (Å²) in [7, 11) is 1.56. The molecule has 0 radical (unpaired) electrons. The van der Waals surface area contributed by atoms with Gasteiger partial charge in [-0.05, 0) is 47.5 Å². The van der Waals surface area contributed by atoms with Gasteiger partial charge in [-0.2, -0.15) is 0 Å². The van der Waals surface area contributed by atoms with Crippen LogP contribution in [0.3, 0.4) is 0 Å². The summed E-state index contributed by atoms with van der Waals surface area (Å²) in [6.45, 7) is 0.408. The number of anilines is 1. The molecule has 1 N–H and O–H groups in total. The van der Waals surface area contributed by atoms with Gasteiger partial charge in [0.15, 0.2) is 17.1 Å². The number of benzene rings is 4. The van der Waals surface area contributed by atoms with Crippen LogP contribution in [0.5, 0.6) is 11.5 Å². The van der Waals surface area contributed by atoms with E-state index in [1.54, 1.807) is 49.6 Å². The number of ether oxygens (including phenoxy) is 2. The topological polar surface area (TPSA) is 117 Å². The number of amides is 1. The number of nitro groups is 1. The number of non-ortho nitro benzene ring substituents is 1. The molecule has 4 aromatic carbocycles. The number of carbonyl (C=O) groups is 1. The molecule has 0 aliphatic rings. The number of para-hydroxylation sites is 1. The van der Waals surface area contributed by atoms with E-state index < -0.39 is 4.92 Å². The van der Waals surface area contributed by atoms with Crippen LogP contribution in [-0.2, 0) is 11.4 Å². The molecule has 1 amide bonds. The summed E-state index contributed by atoms with van der Waals surface area (Å²) in [5.74, 6) is 1.02. The zero-order valence-corrected chi connectivity index (χ0v) is 20.9. The minimum absolute atomic E-state index is 0.0932. The van der Waals surface area contributed by atoms with E-state index in [4.69, 9.17) is 13.9 Å². The van der Waals surface area contributed by atoms with Crippen LogP contribution in [0.2, 0.25) is 0 Å². The Balaban J connectivity index is 1.29. The van der Waals surface area contributed by atoms with Gasteiger partial charge >= 0.3 is 0 Å². The summed E-state index contributed by atoms with van der Waals surface area (Å²) in [6.07, 6.45) is 3.07. The second kappa shape index (κ2) is 11.3. The average Bonchev–Trinajstić information content (AvgIpc) is 3.39. The Morgan fingerprint density at radius 1 is 1.00 bits per heavy atom. The van der Waals surface area contributed by atoms with Gasteiger partial charge < -0.3 is 19.2 Å². The maximum absolute atomic E-state index is 12.8. The lowest BCUT2D eigenvalue weighted by molar-refractivity contribution is -0.384. The summed E-state index contributed by atoms with van der Waals surface area (Å²) in [4.78, 5) is 27.8. The van der Waals surface area contributed by atoms with Gasteiger partial charge in [-0.3, -0.25) is 14.9 Å². The maximum atomic E-state index is 12.8. The van der Waals surface area contributed by atoms with Crippen LogP contribution in [0, 0.1) is 10.1 Å². The minimum Gasteiger partial charge on any atom is -0.493 e. The van der Waals surface area contributed by atoms with Gasteiger partial charge in [0.1, 0.15) is 12.1 Å². The molecule has 0 saturated heterocycles. The Hall–Kier alpha value is -5.44. The van der Waals surface area contributed by atoms with Gasteiger partial charge in [0, 0.05) is 12.1 Å². The van der Waals surface area contributed by atoms with E-state index in [0.717, 1.165) is 11.1 Å². The van der Waals surface area contributed by atoms with Crippen molar-refractivity contribution in [3.8, 4) is 23.0 Å². The molecule has 0 atom stereocenters. The molecule has 5 rings (SSSR count). The minimum atomic E-state index is -0.497. The molecular formula is C30H23N3O6. The summed E-state index contributed by atoms with van der Waals surface area (Å²) in [5, 5.41) is 13.9. The first-order valence-electron chi connectivity index (χ1n) is 12.0. The van der Waals surface area contributed by atoms with Crippen molar-refractivity contribution in [1.29, 1.82) is 0 Å². The fourth-order valence-corrected chi connectivity index (χ4v) is 3.91. The lowest BCUT2D eigenvalue weighted by Crippen LogP contribution is -2.08. The summed E-state index contributed by atoms with van der Waals surface area (Å²) in [6, 6.07) is 26.5. The molecule has 9 nitrogen and oxygen atoms in total. The van der Waals surface area contributed by atoms with E-state index in [0.29, 0.717) is 34.9 Å². The number of hydrogen-bond acceptors (Lipinski definition) is 7. The third kappa shape index (κ3) is 5.94. The van der Waals surface area contributed by atoms with Gasteiger partial charge in [-0.1, -0.05) is 48.5 Å². The fraction of sp³-hybridized carbons (Fsp3) is 0.0667. The van der Waals surface area contributed by atoms with Gasteiger partial charge in [0.25, 0.3) is 5.69 Å². The van der Waals surface area contributed by atoms with E-state index >= 15 is 0 Å². The van der Waals surface area contributed by atoms with Crippen LogP contribution in [0.1, 0.15) is 11.1 Å².